The number of methoxy groups -OCH3 is 1. The van der Waals surface area contributed by atoms with Gasteiger partial charge in [-0.1, -0.05) is 18.2 Å². The molecule has 0 radical (unpaired) electrons. The third-order valence-corrected chi connectivity index (χ3v) is 3.71. The molecule has 2 aromatic carbocycles. The maximum Gasteiger partial charge on any atom is 0.387 e. The van der Waals surface area contributed by atoms with E-state index in [1.807, 2.05) is 31.2 Å². The lowest BCUT2D eigenvalue weighted by atomic mass is 10.1. The number of anilines is 1. The van der Waals surface area contributed by atoms with Gasteiger partial charge in [-0.25, -0.2) is 0 Å². The van der Waals surface area contributed by atoms with Gasteiger partial charge in [0.1, 0.15) is 0 Å². The Morgan fingerprint density at radius 2 is 1.88 bits per heavy atom. The van der Waals surface area contributed by atoms with Crippen LogP contribution < -0.4 is 20.2 Å². The molecule has 0 atom stereocenters. The van der Waals surface area contributed by atoms with Gasteiger partial charge in [0.2, 0.25) is 0 Å². The largest absolute Gasteiger partial charge is 0.493 e. The van der Waals surface area contributed by atoms with Gasteiger partial charge in [-0.15, -0.1) is 0 Å². The number of nitrogens with zero attached hydrogens (tertiary/aromatic N) is 1. The van der Waals surface area contributed by atoms with Crippen LogP contribution >= 0.6 is 12.2 Å². The number of alkyl halides is 2. The summed E-state index contributed by atoms with van der Waals surface area (Å²) < 4.78 is 34.2. The maximum absolute atomic E-state index is 12.4. The van der Waals surface area contributed by atoms with Crippen LogP contribution in [0.4, 0.5) is 14.5 Å². The Morgan fingerprint density at radius 1 is 1.15 bits per heavy atom. The van der Waals surface area contributed by atoms with Crippen molar-refractivity contribution < 1.29 is 18.3 Å². The van der Waals surface area contributed by atoms with Gasteiger partial charge in [0.15, 0.2) is 16.6 Å². The molecule has 26 heavy (non-hydrogen) atoms. The predicted octanol–water partition coefficient (Wildman–Crippen LogP) is 4.32. The van der Waals surface area contributed by atoms with Gasteiger partial charge in [-0.05, 0) is 55.9 Å². The second-order valence-electron chi connectivity index (χ2n) is 5.32. The fourth-order valence-electron chi connectivity index (χ4n) is 2.15. The molecule has 2 rings (SSSR count). The zero-order valence-corrected chi connectivity index (χ0v) is 15.4. The molecule has 0 bridgehead atoms. The van der Waals surface area contributed by atoms with E-state index in [1.54, 1.807) is 19.1 Å². The Balaban J connectivity index is 2.06. The van der Waals surface area contributed by atoms with E-state index in [2.05, 4.69) is 20.6 Å². The molecule has 0 spiro atoms. The van der Waals surface area contributed by atoms with Crippen molar-refractivity contribution in [2.45, 2.75) is 20.5 Å². The number of ether oxygens (including phenoxy) is 2. The number of hydrazone groups is 1. The van der Waals surface area contributed by atoms with Crippen LogP contribution in [0.1, 0.15) is 18.1 Å². The van der Waals surface area contributed by atoms with Crippen LogP contribution in [-0.4, -0.2) is 24.5 Å². The van der Waals surface area contributed by atoms with E-state index < -0.39 is 6.61 Å². The van der Waals surface area contributed by atoms with Gasteiger partial charge in [-0.2, -0.15) is 13.9 Å². The highest BCUT2D eigenvalue weighted by Gasteiger charge is 2.12. The van der Waals surface area contributed by atoms with Crippen molar-refractivity contribution in [2.75, 3.05) is 12.4 Å². The fourth-order valence-corrected chi connectivity index (χ4v) is 2.30. The second kappa shape index (κ2) is 9.10. The quantitative estimate of drug-likeness (QED) is 0.445. The van der Waals surface area contributed by atoms with Gasteiger partial charge in [0, 0.05) is 11.3 Å². The van der Waals surface area contributed by atoms with Crippen molar-refractivity contribution in [1.29, 1.82) is 0 Å². The first-order valence-electron chi connectivity index (χ1n) is 7.71. The third-order valence-electron chi connectivity index (χ3n) is 3.52. The van der Waals surface area contributed by atoms with E-state index >= 15 is 0 Å². The van der Waals surface area contributed by atoms with E-state index in [0.29, 0.717) is 16.4 Å². The second-order valence-corrected chi connectivity index (χ2v) is 5.73. The van der Waals surface area contributed by atoms with Crippen molar-refractivity contribution in [3.63, 3.8) is 0 Å². The lowest BCUT2D eigenvalue weighted by molar-refractivity contribution is -0.0512. The van der Waals surface area contributed by atoms with Crippen molar-refractivity contribution in [3.8, 4) is 11.5 Å². The molecule has 0 amide bonds. The summed E-state index contributed by atoms with van der Waals surface area (Å²) >= 11 is 5.22. The Kier molecular flexibility index (Phi) is 6.85. The number of hydrogen-bond acceptors (Lipinski definition) is 4. The average Bonchev–Trinajstić information content (AvgIpc) is 2.61. The van der Waals surface area contributed by atoms with E-state index in [-0.39, 0.29) is 11.5 Å². The molecule has 2 aromatic rings. The van der Waals surface area contributed by atoms with Crippen LogP contribution in [0.3, 0.4) is 0 Å². The molecular formula is C18H19F2N3O2S. The summed E-state index contributed by atoms with van der Waals surface area (Å²) in [6.07, 6.45) is 0. The van der Waals surface area contributed by atoms with Crippen molar-refractivity contribution in [3.05, 3.63) is 53.6 Å². The molecule has 0 saturated carbocycles. The molecule has 0 aliphatic heterocycles. The topological polar surface area (TPSA) is 54.9 Å². The lowest BCUT2D eigenvalue weighted by Gasteiger charge is -2.12. The van der Waals surface area contributed by atoms with Gasteiger partial charge in [-0.3, -0.25) is 5.43 Å². The molecule has 8 heteroatoms. The highest BCUT2D eigenvalue weighted by atomic mass is 32.1. The summed E-state index contributed by atoms with van der Waals surface area (Å²) in [6.45, 7) is 0.802. The molecule has 5 nitrogen and oxygen atoms in total. The van der Waals surface area contributed by atoms with E-state index in [1.165, 1.54) is 13.2 Å². The molecule has 0 unspecified atom stereocenters. The highest BCUT2D eigenvalue weighted by molar-refractivity contribution is 7.80. The Hall–Kier alpha value is -2.74. The van der Waals surface area contributed by atoms with Crippen LogP contribution in [-0.2, 0) is 0 Å². The molecule has 0 aliphatic rings. The first kappa shape index (κ1) is 19.6. The molecule has 138 valence electrons. The van der Waals surface area contributed by atoms with Gasteiger partial charge >= 0.3 is 6.61 Å². The summed E-state index contributed by atoms with van der Waals surface area (Å²) in [5, 5.41) is 7.60. The highest BCUT2D eigenvalue weighted by Crippen LogP contribution is 2.29. The standard InChI is InChI=1S/C18H19F2N3O2S/c1-11-6-4-5-7-14(11)21-18(26)23-22-12(2)13-8-9-15(25-17(19)20)16(10-13)24-3/h4-10,17H,1-3H3,(H2,21,23,26)/b22-12-. The molecule has 0 aliphatic carbocycles. The molecule has 0 saturated heterocycles. The number of nitrogens with one attached hydrogen (secondary N) is 2. The smallest absolute Gasteiger partial charge is 0.387 e. The Labute approximate surface area is 156 Å². The van der Waals surface area contributed by atoms with Gasteiger partial charge < -0.3 is 14.8 Å². The zero-order chi connectivity index (χ0) is 19.1. The molecule has 0 fully saturated rings. The molecular weight excluding hydrogens is 360 g/mol. The number of aryl methyl sites for hydroxylation is 1. The number of rotatable bonds is 6. The van der Waals surface area contributed by atoms with Crippen molar-refractivity contribution >= 4 is 28.7 Å². The fraction of sp³-hybridized carbons (Fsp3) is 0.222. The summed E-state index contributed by atoms with van der Waals surface area (Å²) in [7, 11) is 1.38. The minimum Gasteiger partial charge on any atom is -0.493 e. The predicted molar refractivity (Wildman–Crippen MR) is 102 cm³/mol. The molecule has 0 heterocycles. The molecule has 2 N–H and O–H groups in total. The minimum atomic E-state index is -2.92. The van der Waals surface area contributed by atoms with Crippen LogP contribution in [0.15, 0.2) is 47.6 Å². The van der Waals surface area contributed by atoms with Crippen LogP contribution in [0, 0.1) is 6.92 Å². The zero-order valence-electron chi connectivity index (χ0n) is 14.5. The number of benzene rings is 2. The maximum atomic E-state index is 12.4. The number of thiocarbonyl (C=S) groups is 1. The Bertz CT molecular complexity index is 813. The first-order chi connectivity index (χ1) is 12.4. The van der Waals surface area contributed by atoms with E-state index in [0.717, 1.165) is 11.3 Å². The third kappa shape index (κ3) is 5.38. The Morgan fingerprint density at radius 3 is 2.54 bits per heavy atom. The normalized spacial score (nSPS) is 11.2. The van der Waals surface area contributed by atoms with Crippen LogP contribution in [0.25, 0.3) is 0 Å². The van der Waals surface area contributed by atoms with Crippen molar-refractivity contribution in [1.82, 2.24) is 5.43 Å². The summed E-state index contributed by atoms with van der Waals surface area (Å²) in [4.78, 5) is 0. The summed E-state index contributed by atoms with van der Waals surface area (Å²) in [5.41, 5.74) is 5.97. The number of halogens is 2. The average molecular weight is 379 g/mol. The molecule has 0 aromatic heterocycles. The number of para-hydroxylation sites is 1. The summed E-state index contributed by atoms with van der Waals surface area (Å²) in [6, 6.07) is 12.3. The SMILES string of the molecule is COc1cc(/C(C)=N\NC(=S)Nc2ccccc2C)ccc1OC(F)F. The summed E-state index contributed by atoms with van der Waals surface area (Å²) in [5.74, 6) is 0.154. The number of hydrogen-bond donors (Lipinski definition) is 2. The minimum absolute atomic E-state index is 0.0382. The lowest BCUT2D eigenvalue weighted by Crippen LogP contribution is -2.25. The monoisotopic (exact) mass is 379 g/mol. The van der Waals surface area contributed by atoms with Crippen molar-refractivity contribution in [2.24, 2.45) is 5.10 Å². The van der Waals surface area contributed by atoms with E-state index in [4.69, 9.17) is 17.0 Å². The van der Waals surface area contributed by atoms with Gasteiger partial charge in [0.05, 0.1) is 12.8 Å². The van der Waals surface area contributed by atoms with Gasteiger partial charge in [0.25, 0.3) is 0 Å². The van der Waals surface area contributed by atoms with Crippen LogP contribution in [0.2, 0.25) is 0 Å². The first-order valence-corrected chi connectivity index (χ1v) is 8.11. The van der Waals surface area contributed by atoms with E-state index in [9.17, 15) is 8.78 Å². The van der Waals surface area contributed by atoms with Crippen LogP contribution in [0.5, 0.6) is 11.5 Å².